The van der Waals surface area contributed by atoms with Gasteiger partial charge in [0.25, 0.3) is 0 Å². The van der Waals surface area contributed by atoms with Crippen LogP contribution in [0.4, 0.5) is 0 Å². The van der Waals surface area contributed by atoms with Gasteiger partial charge in [0.15, 0.2) is 0 Å². The second-order valence-electron chi connectivity index (χ2n) is 2.63. The fraction of sp³-hybridized carbons (Fsp3) is 0.200. The number of carbonyl (C=O) groups excluding carboxylic acids is 1. The molecule has 0 heterocycles. The molecule has 0 fully saturated rings. The van der Waals surface area contributed by atoms with Crippen molar-refractivity contribution >= 4 is 24.2 Å². The Bertz CT molecular complexity index is 285. The summed E-state index contributed by atoms with van der Waals surface area (Å²) in [7, 11) is 0. The average Bonchev–Trinajstić information content (AvgIpc) is 2.19. The smallest absolute Gasteiger partial charge is 0.368 e. The Morgan fingerprint density at radius 2 is 1.00 bits per heavy atom. The second-order valence-corrected chi connectivity index (χ2v) is 2.63. The Morgan fingerprint density at radius 1 is 0.889 bits per heavy atom. The van der Waals surface area contributed by atoms with Gasteiger partial charge in [0.05, 0.1) is 0 Å². The molecule has 100 valence electrons. The first-order valence-corrected chi connectivity index (χ1v) is 4.01. The van der Waals surface area contributed by atoms with Crippen LogP contribution in [0, 0.1) is 0 Å². The first kappa shape index (κ1) is 25.2. The average molecular weight is 294 g/mol. The minimum Gasteiger partial charge on any atom is -0.478 e. The topological polar surface area (TPSA) is 129 Å². The molecular formula is C10H14O7Ti. The summed E-state index contributed by atoms with van der Waals surface area (Å²) < 4.78 is 0. The summed E-state index contributed by atoms with van der Waals surface area (Å²) in [5, 5.41) is 23.1. The van der Waals surface area contributed by atoms with E-state index in [9.17, 15) is 9.59 Å². The van der Waals surface area contributed by atoms with Crippen LogP contribution in [-0.2, 0) is 40.9 Å². The number of aliphatic carboxylic acids is 3. The summed E-state index contributed by atoms with van der Waals surface area (Å²) in [5.41, 5.74) is 0.352. The van der Waals surface area contributed by atoms with E-state index in [1.54, 1.807) is 0 Å². The van der Waals surface area contributed by atoms with Gasteiger partial charge in [-0.05, 0) is 13.8 Å². The van der Waals surface area contributed by atoms with Crippen molar-refractivity contribution in [3.05, 3.63) is 24.3 Å². The molecule has 0 rings (SSSR count). The number of hydrogen-bond donors (Lipinski definition) is 3. The van der Waals surface area contributed by atoms with Gasteiger partial charge in [-0.2, -0.15) is 0 Å². The summed E-state index contributed by atoms with van der Waals surface area (Å²) in [4.78, 5) is 37.1. The summed E-state index contributed by atoms with van der Waals surface area (Å²) >= 11 is 0. The Morgan fingerprint density at radius 3 is 1.00 bits per heavy atom. The third-order valence-corrected chi connectivity index (χ3v) is 0.831. The summed E-state index contributed by atoms with van der Waals surface area (Å²) in [5.74, 6) is -3.30. The van der Waals surface area contributed by atoms with Crippen LogP contribution in [0.2, 0.25) is 0 Å². The van der Waals surface area contributed by atoms with Crippen LogP contribution in [-0.4, -0.2) is 39.5 Å². The number of carbonyl (C=O) groups is 4. The van der Waals surface area contributed by atoms with Gasteiger partial charge in [-0.15, -0.1) is 0 Å². The third kappa shape index (κ3) is 36.7. The molecule has 0 radical (unpaired) electrons. The maximum absolute atomic E-state index is 9.60. The number of carboxylic acid groups (broad SMARTS) is 3. The van der Waals surface area contributed by atoms with Crippen LogP contribution >= 0.6 is 0 Å². The van der Waals surface area contributed by atoms with E-state index in [-0.39, 0.29) is 39.2 Å². The van der Waals surface area contributed by atoms with Crippen molar-refractivity contribution in [2.75, 3.05) is 0 Å². The van der Waals surface area contributed by atoms with Gasteiger partial charge in [-0.1, -0.05) is 13.2 Å². The minimum absolute atomic E-state index is 0. The van der Waals surface area contributed by atoms with Crippen molar-refractivity contribution in [2.24, 2.45) is 0 Å². The third-order valence-electron chi connectivity index (χ3n) is 0.831. The van der Waals surface area contributed by atoms with E-state index in [4.69, 9.17) is 24.9 Å². The fourth-order valence-electron chi connectivity index (χ4n) is 0. The fourth-order valence-corrected chi connectivity index (χ4v) is 0. The predicted molar refractivity (Wildman–Crippen MR) is 58.6 cm³/mol. The standard InChI is InChI=1S/2C4H6O2.C2H2O3.Ti/c2*1-3(2)4(5)6;3-1-2(4)5;/h2*1H2,2H3,(H,5,6);1H,(H,4,5);. The Labute approximate surface area is 119 Å². The quantitative estimate of drug-likeness (QED) is 0.300. The van der Waals surface area contributed by atoms with Crippen LogP contribution in [0.15, 0.2) is 24.3 Å². The molecule has 0 aromatic rings. The molecule has 0 atom stereocenters. The normalized spacial score (nSPS) is 6.78. The van der Waals surface area contributed by atoms with Gasteiger partial charge in [-0.25, -0.2) is 14.4 Å². The number of rotatable bonds is 3. The van der Waals surface area contributed by atoms with Crippen LogP contribution < -0.4 is 0 Å². The monoisotopic (exact) mass is 294 g/mol. The van der Waals surface area contributed by atoms with Gasteiger partial charge < -0.3 is 15.3 Å². The minimum atomic E-state index is -1.43. The van der Waals surface area contributed by atoms with Crippen molar-refractivity contribution < 1.29 is 56.2 Å². The Balaban J connectivity index is -0.0000000799. The molecule has 0 aliphatic rings. The van der Waals surface area contributed by atoms with Crippen LogP contribution in [0.25, 0.3) is 0 Å². The van der Waals surface area contributed by atoms with E-state index in [0.717, 1.165) is 0 Å². The van der Waals surface area contributed by atoms with Crippen molar-refractivity contribution in [2.45, 2.75) is 13.8 Å². The van der Waals surface area contributed by atoms with Crippen molar-refractivity contribution in [3.8, 4) is 0 Å². The largest absolute Gasteiger partial charge is 0.478 e. The number of carboxylic acids is 3. The Kier molecular flexibility index (Phi) is 21.4. The summed E-state index contributed by atoms with van der Waals surface area (Å²) in [6, 6.07) is 0. The van der Waals surface area contributed by atoms with E-state index in [2.05, 4.69) is 13.2 Å². The molecule has 7 nitrogen and oxygen atoms in total. The van der Waals surface area contributed by atoms with Crippen molar-refractivity contribution in [3.63, 3.8) is 0 Å². The molecule has 0 saturated heterocycles. The molecule has 0 amide bonds. The van der Waals surface area contributed by atoms with E-state index >= 15 is 0 Å². The molecule has 0 unspecified atom stereocenters. The van der Waals surface area contributed by atoms with Gasteiger partial charge in [-0.3, -0.25) is 4.79 Å². The van der Waals surface area contributed by atoms with Gasteiger partial charge in [0.2, 0.25) is 6.29 Å². The van der Waals surface area contributed by atoms with E-state index < -0.39 is 17.9 Å². The molecule has 3 N–H and O–H groups in total. The SMILES string of the molecule is C=C(C)C(=O)O.C=C(C)C(=O)O.O=CC(=O)O.[Ti]. The maximum atomic E-state index is 9.60. The zero-order valence-electron chi connectivity index (χ0n) is 9.97. The maximum Gasteiger partial charge on any atom is 0.368 e. The first-order chi connectivity index (χ1) is 7.56. The zero-order valence-corrected chi connectivity index (χ0v) is 11.5. The molecule has 0 aromatic heterocycles. The predicted octanol–water partition coefficient (Wildman–Crippen LogP) is 0.562. The van der Waals surface area contributed by atoms with Crippen molar-refractivity contribution in [1.29, 1.82) is 0 Å². The van der Waals surface area contributed by atoms with Crippen LogP contribution in [0.3, 0.4) is 0 Å². The van der Waals surface area contributed by atoms with E-state index in [1.807, 2.05) is 0 Å². The van der Waals surface area contributed by atoms with Gasteiger partial charge >= 0.3 is 17.9 Å². The van der Waals surface area contributed by atoms with Gasteiger partial charge in [0, 0.05) is 32.9 Å². The molecule has 0 aromatic carbocycles. The molecule has 0 saturated carbocycles. The first-order valence-electron chi connectivity index (χ1n) is 4.01. The Hall–Kier alpha value is -1.73. The molecule has 8 heteroatoms. The number of hydrogen-bond acceptors (Lipinski definition) is 4. The molecule has 0 bridgehead atoms. The molecule has 0 spiro atoms. The molecular weight excluding hydrogens is 280 g/mol. The van der Waals surface area contributed by atoms with Crippen LogP contribution in [0.5, 0.6) is 0 Å². The van der Waals surface area contributed by atoms with E-state index in [0.29, 0.717) is 0 Å². The van der Waals surface area contributed by atoms with Crippen molar-refractivity contribution in [1.82, 2.24) is 0 Å². The molecule has 0 aliphatic heterocycles. The second kappa shape index (κ2) is 15.3. The van der Waals surface area contributed by atoms with Crippen LogP contribution in [0.1, 0.15) is 13.8 Å². The summed E-state index contributed by atoms with van der Waals surface area (Å²) in [6.07, 6.45) is -0.167. The molecule has 0 aliphatic carbocycles. The van der Waals surface area contributed by atoms with Gasteiger partial charge in [0.1, 0.15) is 0 Å². The van der Waals surface area contributed by atoms with E-state index in [1.165, 1.54) is 13.8 Å². The number of aldehydes is 1. The summed E-state index contributed by atoms with van der Waals surface area (Å²) in [6.45, 7) is 9.20. The molecule has 18 heavy (non-hydrogen) atoms. The zero-order chi connectivity index (χ0) is 14.6.